The lowest BCUT2D eigenvalue weighted by atomic mass is 10.1. The molecule has 4 rings (SSSR count). The van der Waals surface area contributed by atoms with E-state index in [9.17, 15) is 9.59 Å². The Bertz CT molecular complexity index is 1050. The molecule has 1 unspecified atom stereocenters. The Morgan fingerprint density at radius 3 is 2.75 bits per heavy atom. The van der Waals surface area contributed by atoms with E-state index in [1.807, 2.05) is 43.3 Å². The van der Waals surface area contributed by atoms with Crippen LogP contribution in [0.15, 0.2) is 59.6 Å². The van der Waals surface area contributed by atoms with Gasteiger partial charge in [0.25, 0.3) is 5.91 Å². The number of nitrogens with zero attached hydrogens (tertiary/aromatic N) is 1. The highest BCUT2D eigenvalue weighted by Crippen LogP contribution is 2.31. The van der Waals surface area contributed by atoms with Crippen LogP contribution in [-0.2, 0) is 9.59 Å². The van der Waals surface area contributed by atoms with Crippen molar-refractivity contribution < 1.29 is 19.1 Å². The largest absolute Gasteiger partial charge is 0.485 e. The van der Waals surface area contributed by atoms with Crippen molar-refractivity contribution in [1.82, 2.24) is 10.3 Å². The van der Waals surface area contributed by atoms with E-state index in [1.165, 1.54) is 11.8 Å². The van der Waals surface area contributed by atoms with E-state index < -0.39 is 17.9 Å². The highest BCUT2D eigenvalue weighted by atomic mass is 32.2. The first-order valence-electron chi connectivity index (χ1n) is 8.81. The number of para-hydroxylation sites is 3. The van der Waals surface area contributed by atoms with Gasteiger partial charge in [0, 0.05) is 5.39 Å². The maximum atomic E-state index is 12.3. The van der Waals surface area contributed by atoms with Gasteiger partial charge in [0.2, 0.25) is 12.0 Å². The number of aromatic nitrogens is 1. The number of pyridine rings is 1. The number of benzene rings is 2. The van der Waals surface area contributed by atoms with Crippen molar-refractivity contribution in [2.24, 2.45) is 0 Å². The Kier molecular flexibility index (Phi) is 5.16. The van der Waals surface area contributed by atoms with Crippen LogP contribution in [0.4, 0.5) is 0 Å². The maximum Gasteiger partial charge on any atom is 0.271 e. The fraction of sp³-hybridized carbons (Fsp3) is 0.190. The van der Waals surface area contributed by atoms with E-state index in [-0.39, 0.29) is 12.4 Å². The summed E-state index contributed by atoms with van der Waals surface area (Å²) in [5.74, 6) is 0.256. The Balaban J connectivity index is 1.34. The zero-order valence-corrected chi connectivity index (χ0v) is 16.0. The quantitative estimate of drug-likeness (QED) is 0.685. The predicted octanol–water partition coefficient (Wildman–Crippen LogP) is 3.12. The molecule has 6 nitrogen and oxygen atoms in total. The summed E-state index contributed by atoms with van der Waals surface area (Å²) in [7, 11) is 0. The van der Waals surface area contributed by atoms with Crippen LogP contribution in [0.25, 0.3) is 10.9 Å². The van der Waals surface area contributed by atoms with E-state index in [2.05, 4.69) is 10.3 Å². The molecule has 2 heterocycles. The van der Waals surface area contributed by atoms with Crippen LogP contribution in [0.1, 0.15) is 5.56 Å². The molecule has 0 spiro atoms. The van der Waals surface area contributed by atoms with Crippen molar-refractivity contribution in [3.63, 3.8) is 0 Å². The van der Waals surface area contributed by atoms with Crippen LogP contribution < -0.4 is 14.8 Å². The lowest BCUT2D eigenvalue weighted by Crippen LogP contribution is -2.46. The topological polar surface area (TPSA) is 77.5 Å². The normalized spacial score (nSPS) is 15.2. The van der Waals surface area contributed by atoms with E-state index >= 15 is 0 Å². The number of ether oxygens (including phenoxy) is 2. The van der Waals surface area contributed by atoms with Crippen molar-refractivity contribution >= 4 is 34.5 Å². The van der Waals surface area contributed by atoms with Crippen LogP contribution in [0.5, 0.6) is 11.5 Å². The predicted molar refractivity (Wildman–Crippen MR) is 107 cm³/mol. The number of imide groups is 1. The molecule has 0 bridgehead atoms. The summed E-state index contributed by atoms with van der Waals surface area (Å²) < 4.78 is 11.1. The van der Waals surface area contributed by atoms with Gasteiger partial charge in [-0.3, -0.25) is 14.9 Å². The van der Waals surface area contributed by atoms with Crippen LogP contribution >= 0.6 is 11.8 Å². The number of fused-ring (bicyclic) bond motifs is 2. The smallest absolute Gasteiger partial charge is 0.271 e. The summed E-state index contributed by atoms with van der Waals surface area (Å²) in [4.78, 5) is 29.0. The van der Waals surface area contributed by atoms with Gasteiger partial charge in [-0.25, -0.2) is 4.98 Å². The molecule has 3 aromatic rings. The third-order valence-electron chi connectivity index (χ3n) is 4.31. The number of aryl methyl sites for hydroxylation is 1. The molecule has 7 heteroatoms. The van der Waals surface area contributed by atoms with Gasteiger partial charge in [-0.05, 0) is 36.8 Å². The van der Waals surface area contributed by atoms with Crippen LogP contribution in [0.3, 0.4) is 0 Å². The molecule has 1 aliphatic heterocycles. The summed E-state index contributed by atoms with van der Waals surface area (Å²) in [6, 6.07) is 16.9. The zero-order valence-electron chi connectivity index (χ0n) is 15.2. The molecule has 0 fully saturated rings. The lowest BCUT2D eigenvalue weighted by molar-refractivity contribution is -0.135. The van der Waals surface area contributed by atoms with E-state index in [0.29, 0.717) is 11.5 Å². The summed E-state index contributed by atoms with van der Waals surface area (Å²) in [5.41, 5.74) is 1.98. The van der Waals surface area contributed by atoms with Crippen LogP contribution in [-0.4, -0.2) is 35.3 Å². The monoisotopic (exact) mass is 394 g/mol. The average molecular weight is 394 g/mol. The fourth-order valence-electron chi connectivity index (χ4n) is 2.93. The van der Waals surface area contributed by atoms with Crippen molar-refractivity contribution in [2.45, 2.75) is 18.1 Å². The second-order valence-corrected chi connectivity index (χ2v) is 7.36. The average Bonchev–Trinajstić information content (AvgIpc) is 2.72. The minimum Gasteiger partial charge on any atom is -0.485 e. The number of thioether (sulfide) groups is 1. The molecule has 0 aliphatic carbocycles. The number of carbonyl (C=O) groups is 2. The van der Waals surface area contributed by atoms with Crippen molar-refractivity contribution in [2.75, 3.05) is 12.4 Å². The lowest BCUT2D eigenvalue weighted by Gasteiger charge is -2.25. The van der Waals surface area contributed by atoms with Gasteiger partial charge in [0.05, 0.1) is 16.3 Å². The number of nitrogens with one attached hydrogen (secondary N) is 1. The molecule has 0 saturated carbocycles. The summed E-state index contributed by atoms with van der Waals surface area (Å²) >= 11 is 1.29. The Morgan fingerprint density at radius 2 is 1.89 bits per heavy atom. The number of hydrogen-bond donors (Lipinski definition) is 1. The first-order chi connectivity index (χ1) is 13.6. The number of amides is 2. The Hall–Kier alpha value is -3.06. The molecular weight excluding hydrogens is 376 g/mol. The third kappa shape index (κ3) is 3.94. The maximum absolute atomic E-state index is 12.3. The summed E-state index contributed by atoms with van der Waals surface area (Å²) in [5, 5.41) is 4.20. The van der Waals surface area contributed by atoms with Crippen LogP contribution in [0.2, 0.25) is 0 Å². The van der Waals surface area contributed by atoms with Gasteiger partial charge in [0.15, 0.2) is 11.5 Å². The van der Waals surface area contributed by atoms with Gasteiger partial charge in [-0.1, -0.05) is 42.1 Å². The molecule has 1 aliphatic rings. The van der Waals surface area contributed by atoms with Gasteiger partial charge < -0.3 is 9.47 Å². The summed E-state index contributed by atoms with van der Waals surface area (Å²) in [6.45, 7) is 2.07. The number of hydrogen-bond acceptors (Lipinski definition) is 6. The van der Waals surface area contributed by atoms with E-state index in [1.54, 1.807) is 18.2 Å². The van der Waals surface area contributed by atoms with Crippen LogP contribution in [0, 0.1) is 6.92 Å². The highest BCUT2D eigenvalue weighted by molar-refractivity contribution is 7.99. The molecule has 0 saturated heterocycles. The van der Waals surface area contributed by atoms with Crippen molar-refractivity contribution in [1.29, 1.82) is 0 Å². The van der Waals surface area contributed by atoms with Gasteiger partial charge in [-0.2, -0.15) is 0 Å². The molecule has 1 N–H and O–H groups in total. The second kappa shape index (κ2) is 7.90. The highest BCUT2D eigenvalue weighted by Gasteiger charge is 2.28. The Morgan fingerprint density at radius 1 is 1.14 bits per heavy atom. The fourth-order valence-corrected chi connectivity index (χ4v) is 3.71. The molecular formula is C21H18N2O4S. The molecule has 2 amide bonds. The minimum atomic E-state index is -0.857. The van der Waals surface area contributed by atoms with Gasteiger partial charge >= 0.3 is 0 Å². The van der Waals surface area contributed by atoms with E-state index in [0.717, 1.165) is 21.5 Å². The molecule has 1 atom stereocenters. The van der Waals surface area contributed by atoms with Crippen molar-refractivity contribution in [3.05, 3.63) is 60.2 Å². The first kappa shape index (κ1) is 18.3. The first-order valence-corrected chi connectivity index (χ1v) is 9.80. The molecule has 28 heavy (non-hydrogen) atoms. The third-order valence-corrected chi connectivity index (χ3v) is 5.23. The molecule has 1 aromatic heterocycles. The van der Waals surface area contributed by atoms with Gasteiger partial charge in [0.1, 0.15) is 6.61 Å². The number of rotatable bonds is 4. The molecule has 2 aromatic carbocycles. The zero-order chi connectivity index (χ0) is 19.5. The Labute approximate surface area is 166 Å². The van der Waals surface area contributed by atoms with E-state index in [4.69, 9.17) is 9.47 Å². The SMILES string of the molecule is Cc1cc(SCC(=O)NC(=O)C2COc3ccccc3O2)nc2ccccc12. The van der Waals surface area contributed by atoms with Crippen molar-refractivity contribution in [3.8, 4) is 11.5 Å². The summed E-state index contributed by atoms with van der Waals surface area (Å²) in [6.07, 6.45) is -0.857. The molecule has 142 valence electrons. The standard InChI is InChI=1S/C21H18N2O4S/c1-13-10-20(22-15-7-3-2-6-14(13)15)28-12-19(24)23-21(25)18-11-26-16-8-4-5-9-17(16)27-18/h2-10,18H,11-12H2,1H3,(H,23,24,25). The number of carbonyl (C=O) groups excluding carboxylic acids is 2. The van der Waals surface area contributed by atoms with Gasteiger partial charge in [-0.15, -0.1) is 0 Å². The minimum absolute atomic E-state index is 0.0642. The molecule has 0 radical (unpaired) electrons. The second-order valence-electron chi connectivity index (χ2n) is 6.36.